The second kappa shape index (κ2) is 3.32. The first-order valence-electron chi connectivity index (χ1n) is 5.32. The highest BCUT2D eigenvalue weighted by atomic mass is 16.5. The first-order valence-corrected chi connectivity index (χ1v) is 5.32. The highest BCUT2D eigenvalue weighted by Gasteiger charge is 2.45. The molecule has 2 fully saturated rings. The van der Waals surface area contributed by atoms with Crippen molar-refractivity contribution in [2.45, 2.75) is 33.1 Å². The van der Waals surface area contributed by atoms with E-state index in [2.05, 4.69) is 6.92 Å². The Balaban J connectivity index is 1.89. The smallest absolute Gasteiger partial charge is 0.302 e. The van der Waals surface area contributed by atoms with Crippen LogP contribution in [0.15, 0.2) is 0 Å². The van der Waals surface area contributed by atoms with Crippen LogP contribution >= 0.6 is 0 Å². The monoisotopic (exact) mass is 182 g/mol. The molecule has 0 amide bonds. The molecule has 0 unspecified atom stereocenters. The molecule has 0 heterocycles. The zero-order valence-corrected chi connectivity index (χ0v) is 8.45. The molecule has 0 N–H and O–H groups in total. The lowest BCUT2D eigenvalue weighted by molar-refractivity contribution is -0.143. The van der Waals surface area contributed by atoms with Crippen molar-refractivity contribution in [3.8, 4) is 0 Å². The minimum absolute atomic E-state index is 0.130. The fraction of sp³-hybridized carbons (Fsp3) is 0.909. The molecule has 0 aromatic heterocycles. The fourth-order valence-corrected chi connectivity index (χ4v) is 3.20. The van der Waals surface area contributed by atoms with Crippen molar-refractivity contribution in [2.75, 3.05) is 6.61 Å². The van der Waals surface area contributed by atoms with Crippen LogP contribution < -0.4 is 0 Å². The van der Waals surface area contributed by atoms with Gasteiger partial charge in [-0.15, -0.1) is 0 Å². The third-order valence-corrected chi connectivity index (χ3v) is 4.02. The summed E-state index contributed by atoms with van der Waals surface area (Å²) in [4.78, 5) is 10.7. The predicted molar refractivity (Wildman–Crippen MR) is 50.1 cm³/mol. The molecule has 2 aliphatic rings. The van der Waals surface area contributed by atoms with Crippen LogP contribution in [0.4, 0.5) is 0 Å². The minimum atomic E-state index is -0.130. The predicted octanol–water partition coefficient (Wildman–Crippen LogP) is 2.23. The summed E-state index contributed by atoms with van der Waals surface area (Å²) in [6, 6.07) is 0. The molecule has 2 heteroatoms. The second-order valence-corrected chi connectivity index (χ2v) is 4.66. The molecule has 0 aromatic rings. The van der Waals surface area contributed by atoms with Gasteiger partial charge in [0.05, 0.1) is 6.61 Å². The van der Waals surface area contributed by atoms with E-state index < -0.39 is 0 Å². The summed E-state index contributed by atoms with van der Waals surface area (Å²) in [5.41, 5.74) is 0. The van der Waals surface area contributed by atoms with Crippen molar-refractivity contribution < 1.29 is 9.53 Å². The van der Waals surface area contributed by atoms with Gasteiger partial charge in [-0.3, -0.25) is 4.79 Å². The summed E-state index contributed by atoms with van der Waals surface area (Å²) in [6.07, 6.45) is 4.15. The number of fused-ring (bicyclic) bond motifs is 2. The summed E-state index contributed by atoms with van der Waals surface area (Å²) in [7, 11) is 0. The van der Waals surface area contributed by atoms with E-state index in [9.17, 15) is 4.79 Å². The quantitative estimate of drug-likeness (QED) is 0.612. The number of rotatable bonds is 2. The van der Waals surface area contributed by atoms with Gasteiger partial charge < -0.3 is 4.74 Å². The number of carbonyl (C=O) groups is 1. The van der Waals surface area contributed by atoms with Crippen molar-refractivity contribution in [1.29, 1.82) is 0 Å². The Morgan fingerprint density at radius 2 is 2.08 bits per heavy atom. The van der Waals surface area contributed by atoms with E-state index >= 15 is 0 Å². The maximum Gasteiger partial charge on any atom is 0.302 e. The van der Waals surface area contributed by atoms with Crippen LogP contribution in [0.2, 0.25) is 0 Å². The molecule has 74 valence electrons. The second-order valence-electron chi connectivity index (χ2n) is 4.66. The summed E-state index contributed by atoms with van der Waals surface area (Å²) in [5.74, 6) is 3.07. The Hall–Kier alpha value is -0.530. The van der Waals surface area contributed by atoms with Crippen LogP contribution in [-0.4, -0.2) is 12.6 Å². The number of esters is 1. The number of hydrogen-bond donors (Lipinski definition) is 0. The van der Waals surface area contributed by atoms with Gasteiger partial charge in [-0.05, 0) is 42.9 Å². The van der Waals surface area contributed by atoms with Crippen LogP contribution in [0.5, 0.6) is 0 Å². The topological polar surface area (TPSA) is 26.3 Å². The lowest BCUT2D eigenvalue weighted by atomic mass is 9.81. The van der Waals surface area contributed by atoms with E-state index in [1.54, 1.807) is 0 Å². The first-order chi connectivity index (χ1) is 6.18. The Kier molecular flexibility index (Phi) is 2.31. The van der Waals surface area contributed by atoms with Crippen LogP contribution in [-0.2, 0) is 9.53 Å². The molecule has 0 spiro atoms. The van der Waals surface area contributed by atoms with Crippen molar-refractivity contribution in [3.63, 3.8) is 0 Å². The molecule has 0 saturated heterocycles. The number of hydrogen-bond acceptors (Lipinski definition) is 2. The van der Waals surface area contributed by atoms with Crippen LogP contribution in [0.3, 0.4) is 0 Å². The Bertz CT molecular complexity index is 210. The van der Waals surface area contributed by atoms with Gasteiger partial charge in [0.2, 0.25) is 0 Å². The lowest BCUT2D eigenvalue weighted by Gasteiger charge is -2.27. The normalized spacial score (nSPS) is 42.3. The Morgan fingerprint density at radius 3 is 2.62 bits per heavy atom. The SMILES string of the molecule is CC(=O)OC[C@H]1[C@H]2CC[C@@H](C2)[C@@H]1C. The van der Waals surface area contributed by atoms with Gasteiger partial charge in [-0.25, -0.2) is 0 Å². The van der Waals surface area contributed by atoms with Crippen molar-refractivity contribution in [3.05, 3.63) is 0 Å². The molecule has 2 bridgehead atoms. The van der Waals surface area contributed by atoms with Gasteiger partial charge in [-0.2, -0.15) is 0 Å². The lowest BCUT2D eigenvalue weighted by Crippen LogP contribution is -2.25. The number of carbonyl (C=O) groups excluding carboxylic acids is 1. The molecular weight excluding hydrogens is 164 g/mol. The van der Waals surface area contributed by atoms with Crippen molar-refractivity contribution in [1.82, 2.24) is 0 Å². The average Bonchev–Trinajstić information content (AvgIpc) is 2.61. The third kappa shape index (κ3) is 1.59. The molecular formula is C11H18O2. The summed E-state index contributed by atoms with van der Waals surface area (Å²) in [6.45, 7) is 4.48. The van der Waals surface area contributed by atoms with Gasteiger partial charge in [0.15, 0.2) is 0 Å². The van der Waals surface area contributed by atoms with Crippen LogP contribution in [0.1, 0.15) is 33.1 Å². The van der Waals surface area contributed by atoms with Gasteiger partial charge in [0.1, 0.15) is 0 Å². The first kappa shape index (κ1) is 9.04. The van der Waals surface area contributed by atoms with Crippen molar-refractivity contribution in [2.24, 2.45) is 23.7 Å². The van der Waals surface area contributed by atoms with Crippen LogP contribution in [0, 0.1) is 23.7 Å². The highest BCUT2D eigenvalue weighted by Crippen LogP contribution is 2.51. The molecule has 0 aliphatic heterocycles. The van der Waals surface area contributed by atoms with Gasteiger partial charge in [0, 0.05) is 6.92 Å². The van der Waals surface area contributed by atoms with E-state index in [1.807, 2.05) is 0 Å². The molecule has 2 aliphatic carbocycles. The molecule has 2 rings (SSSR count). The molecule has 2 nitrogen and oxygen atoms in total. The fourth-order valence-electron chi connectivity index (χ4n) is 3.20. The van der Waals surface area contributed by atoms with Gasteiger partial charge >= 0.3 is 5.97 Å². The average molecular weight is 182 g/mol. The third-order valence-electron chi connectivity index (χ3n) is 4.02. The Morgan fingerprint density at radius 1 is 1.38 bits per heavy atom. The summed E-state index contributed by atoms with van der Waals surface area (Å²) in [5, 5.41) is 0. The molecule has 2 saturated carbocycles. The van der Waals surface area contributed by atoms with Gasteiger partial charge in [-0.1, -0.05) is 6.92 Å². The zero-order chi connectivity index (χ0) is 9.42. The van der Waals surface area contributed by atoms with E-state index in [-0.39, 0.29) is 5.97 Å². The van der Waals surface area contributed by atoms with E-state index in [4.69, 9.17) is 4.74 Å². The largest absolute Gasteiger partial charge is 0.466 e. The maximum atomic E-state index is 10.7. The zero-order valence-electron chi connectivity index (χ0n) is 8.45. The van der Waals surface area contributed by atoms with Crippen LogP contribution in [0.25, 0.3) is 0 Å². The molecule has 0 radical (unpaired) electrons. The minimum Gasteiger partial charge on any atom is -0.466 e. The van der Waals surface area contributed by atoms with E-state index in [0.717, 1.165) is 17.8 Å². The van der Waals surface area contributed by atoms with E-state index in [0.29, 0.717) is 12.5 Å². The molecule has 4 atom stereocenters. The van der Waals surface area contributed by atoms with E-state index in [1.165, 1.54) is 26.2 Å². The number of ether oxygens (including phenoxy) is 1. The Labute approximate surface area is 79.7 Å². The van der Waals surface area contributed by atoms with Gasteiger partial charge in [0.25, 0.3) is 0 Å². The maximum absolute atomic E-state index is 10.7. The standard InChI is InChI=1S/C11H18O2/c1-7-9-3-4-10(5-9)11(7)6-13-8(2)12/h7,9-11H,3-6H2,1-2H3/t7-,9-,10-,11+/m0/s1. The highest BCUT2D eigenvalue weighted by molar-refractivity contribution is 5.65. The van der Waals surface area contributed by atoms with Crippen molar-refractivity contribution >= 4 is 5.97 Å². The summed E-state index contributed by atoms with van der Waals surface area (Å²) >= 11 is 0. The molecule has 13 heavy (non-hydrogen) atoms. The summed E-state index contributed by atoms with van der Waals surface area (Å²) < 4.78 is 5.11. The molecule has 0 aromatic carbocycles.